The lowest BCUT2D eigenvalue weighted by atomic mass is 9.68. The molecule has 37 heavy (non-hydrogen) atoms. The number of carbonyl (C=O) groups is 2. The zero-order chi connectivity index (χ0) is 26.2. The molecule has 9 nitrogen and oxygen atoms in total. The third-order valence-corrected chi connectivity index (χ3v) is 7.03. The number of methoxy groups -OCH3 is 1. The number of hydrogen-bond acceptors (Lipinski definition) is 7. The van der Waals surface area contributed by atoms with Crippen molar-refractivity contribution in [2.45, 2.75) is 18.0 Å². The van der Waals surface area contributed by atoms with Crippen molar-refractivity contribution < 1.29 is 19.2 Å². The van der Waals surface area contributed by atoms with Gasteiger partial charge >= 0.3 is 5.97 Å². The number of rotatable bonds is 5. The van der Waals surface area contributed by atoms with Gasteiger partial charge in [0.15, 0.2) is 5.41 Å². The lowest BCUT2D eigenvalue weighted by molar-refractivity contribution is -0.384. The molecular weight excluding hydrogens is 472 g/mol. The van der Waals surface area contributed by atoms with Gasteiger partial charge in [-0.2, -0.15) is 5.26 Å². The van der Waals surface area contributed by atoms with Crippen LogP contribution < -0.4 is 10.2 Å². The zero-order valence-corrected chi connectivity index (χ0v) is 19.8. The minimum atomic E-state index is -1.81. The van der Waals surface area contributed by atoms with Crippen molar-refractivity contribution in [3.63, 3.8) is 0 Å². The maximum absolute atomic E-state index is 14.0. The SMILES string of the molecule is COC(=O)C1(C#N)C(c2ccc([N+](=O)[O-])cc2)C(C(=O)Nc2ccccc2)N2c3ccccc3C=CC21. The molecule has 0 aliphatic carbocycles. The van der Waals surface area contributed by atoms with E-state index in [0.717, 1.165) is 5.56 Å². The van der Waals surface area contributed by atoms with E-state index in [1.165, 1.54) is 31.4 Å². The minimum Gasteiger partial charge on any atom is -0.468 e. The maximum Gasteiger partial charge on any atom is 0.329 e. The zero-order valence-electron chi connectivity index (χ0n) is 19.8. The van der Waals surface area contributed by atoms with Gasteiger partial charge in [-0.3, -0.25) is 19.7 Å². The summed E-state index contributed by atoms with van der Waals surface area (Å²) in [5, 5.41) is 24.8. The number of nitro groups is 1. The number of fused-ring (bicyclic) bond motifs is 3. The molecule has 1 N–H and O–H groups in total. The summed E-state index contributed by atoms with van der Waals surface area (Å²) in [6.45, 7) is 0. The first-order valence-electron chi connectivity index (χ1n) is 11.6. The average Bonchev–Trinajstić information content (AvgIpc) is 3.25. The number of benzene rings is 3. The van der Waals surface area contributed by atoms with Crippen molar-refractivity contribution in [2.75, 3.05) is 17.3 Å². The highest BCUT2D eigenvalue weighted by atomic mass is 16.6. The van der Waals surface area contributed by atoms with E-state index < -0.39 is 40.2 Å². The number of nitriles is 1. The van der Waals surface area contributed by atoms with Crippen LogP contribution in [0, 0.1) is 26.9 Å². The lowest BCUT2D eigenvalue weighted by Crippen LogP contribution is -2.47. The van der Waals surface area contributed by atoms with Crippen LogP contribution in [-0.2, 0) is 14.3 Å². The van der Waals surface area contributed by atoms with E-state index in [1.54, 1.807) is 35.2 Å². The van der Waals surface area contributed by atoms with E-state index in [4.69, 9.17) is 4.74 Å². The molecule has 3 aromatic rings. The number of hydrogen-bond donors (Lipinski definition) is 1. The summed E-state index contributed by atoms with van der Waals surface area (Å²) < 4.78 is 5.16. The molecule has 5 rings (SSSR count). The van der Waals surface area contributed by atoms with Crippen molar-refractivity contribution in [1.29, 1.82) is 5.26 Å². The van der Waals surface area contributed by atoms with E-state index >= 15 is 0 Å². The van der Waals surface area contributed by atoms with Crippen molar-refractivity contribution in [3.8, 4) is 6.07 Å². The Morgan fingerprint density at radius 3 is 2.38 bits per heavy atom. The quantitative estimate of drug-likeness (QED) is 0.319. The normalized spacial score (nSPS) is 23.4. The molecule has 1 saturated heterocycles. The van der Waals surface area contributed by atoms with E-state index in [0.29, 0.717) is 16.9 Å². The van der Waals surface area contributed by atoms with Crippen molar-refractivity contribution in [3.05, 3.63) is 106 Å². The van der Waals surface area contributed by atoms with E-state index in [1.807, 2.05) is 36.4 Å². The van der Waals surface area contributed by atoms with Gasteiger partial charge in [0.1, 0.15) is 6.04 Å². The average molecular weight is 495 g/mol. The van der Waals surface area contributed by atoms with Crippen LogP contribution in [0.25, 0.3) is 6.08 Å². The summed E-state index contributed by atoms with van der Waals surface area (Å²) in [5.41, 5.74) is 0.558. The van der Waals surface area contributed by atoms with Gasteiger partial charge in [0.25, 0.3) is 5.69 Å². The second kappa shape index (κ2) is 9.24. The van der Waals surface area contributed by atoms with Gasteiger partial charge in [0.2, 0.25) is 5.91 Å². The summed E-state index contributed by atoms with van der Waals surface area (Å²) in [4.78, 5) is 40.0. The minimum absolute atomic E-state index is 0.143. The van der Waals surface area contributed by atoms with Crippen LogP contribution in [0.15, 0.2) is 84.9 Å². The van der Waals surface area contributed by atoms with Crippen LogP contribution in [0.2, 0.25) is 0 Å². The van der Waals surface area contributed by atoms with Gasteiger partial charge in [-0.05, 0) is 29.3 Å². The third-order valence-electron chi connectivity index (χ3n) is 7.03. The Morgan fingerprint density at radius 1 is 1.05 bits per heavy atom. The summed E-state index contributed by atoms with van der Waals surface area (Å²) in [6.07, 6.45) is 3.58. The number of nitrogens with one attached hydrogen (secondary N) is 1. The molecule has 4 atom stereocenters. The van der Waals surface area contributed by atoms with Gasteiger partial charge in [0.05, 0.1) is 24.1 Å². The van der Waals surface area contributed by atoms with Crippen LogP contribution in [-0.4, -0.2) is 36.0 Å². The number of ether oxygens (including phenoxy) is 1. The Morgan fingerprint density at radius 2 is 1.73 bits per heavy atom. The number of para-hydroxylation sites is 2. The first-order valence-corrected chi connectivity index (χ1v) is 11.6. The number of esters is 1. The predicted octanol–water partition coefficient (Wildman–Crippen LogP) is 4.28. The fourth-order valence-corrected chi connectivity index (χ4v) is 5.45. The molecule has 0 saturated carbocycles. The molecule has 0 radical (unpaired) electrons. The van der Waals surface area contributed by atoms with Crippen LogP contribution in [0.3, 0.4) is 0 Å². The number of anilines is 2. The molecule has 4 unspecified atom stereocenters. The topological polar surface area (TPSA) is 126 Å². The van der Waals surface area contributed by atoms with E-state index in [-0.39, 0.29) is 5.69 Å². The highest BCUT2D eigenvalue weighted by molar-refractivity contribution is 6.02. The van der Waals surface area contributed by atoms with Gasteiger partial charge in [-0.15, -0.1) is 0 Å². The monoisotopic (exact) mass is 494 g/mol. The Labute approximate surface area is 212 Å². The van der Waals surface area contributed by atoms with Crippen molar-refractivity contribution in [2.24, 2.45) is 5.41 Å². The summed E-state index contributed by atoms with van der Waals surface area (Å²) in [6, 6.07) is 22.3. The van der Waals surface area contributed by atoms with Gasteiger partial charge in [-0.1, -0.05) is 60.7 Å². The fourth-order valence-electron chi connectivity index (χ4n) is 5.45. The Balaban J connectivity index is 1.74. The van der Waals surface area contributed by atoms with E-state index in [9.17, 15) is 25.0 Å². The fraction of sp³-hybridized carbons (Fsp3) is 0.179. The van der Waals surface area contributed by atoms with E-state index in [2.05, 4.69) is 11.4 Å². The predicted molar refractivity (Wildman–Crippen MR) is 137 cm³/mol. The van der Waals surface area contributed by atoms with Gasteiger partial charge in [-0.25, -0.2) is 0 Å². The first kappa shape index (κ1) is 23.8. The molecule has 1 fully saturated rings. The molecule has 0 bridgehead atoms. The van der Waals surface area contributed by atoms with Crippen LogP contribution >= 0.6 is 0 Å². The Hall–Kier alpha value is -4.97. The van der Waals surface area contributed by atoms with Crippen LogP contribution in [0.1, 0.15) is 17.0 Å². The highest BCUT2D eigenvalue weighted by Gasteiger charge is 2.67. The first-order chi connectivity index (χ1) is 17.9. The smallest absolute Gasteiger partial charge is 0.329 e. The molecule has 1 amide bonds. The Bertz CT molecular complexity index is 1450. The molecule has 3 aromatic carbocycles. The lowest BCUT2D eigenvalue weighted by Gasteiger charge is -2.36. The highest BCUT2D eigenvalue weighted by Crippen LogP contribution is 2.56. The summed E-state index contributed by atoms with van der Waals surface area (Å²) in [5.74, 6) is -2.21. The largest absolute Gasteiger partial charge is 0.468 e. The summed E-state index contributed by atoms with van der Waals surface area (Å²) in [7, 11) is 1.20. The maximum atomic E-state index is 14.0. The van der Waals surface area contributed by atoms with Crippen LogP contribution in [0.5, 0.6) is 0 Å². The Kier molecular flexibility index (Phi) is 5.93. The van der Waals surface area contributed by atoms with Crippen molar-refractivity contribution >= 4 is 35.0 Å². The number of nitrogens with zero attached hydrogens (tertiary/aromatic N) is 3. The van der Waals surface area contributed by atoms with Gasteiger partial charge < -0.3 is 15.0 Å². The number of carbonyl (C=O) groups excluding carboxylic acids is 2. The molecule has 2 heterocycles. The molecule has 184 valence electrons. The molecular formula is C28H22N4O5. The molecule has 9 heteroatoms. The molecule has 0 aromatic heterocycles. The number of nitro benzene ring substituents is 1. The van der Waals surface area contributed by atoms with Gasteiger partial charge in [0, 0.05) is 29.4 Å². The molecule has 2 aliphatic heterocycles. The standard InChI is InChI=1S/C28H22N4O5/c1-37-27(34)28(17-29)23-16-13-18-7-5-6-10-22(18)31(23)25(26(33)30-20-8-3-2-4-9-20)24(28)19-11-14-21(15-12-19)32(35)36/h2-16,23-25H,1H3,(H,30,33). The number of non-ortho nitro benzene ring substituents is 1. The molecule has 0 spiro atoms. The molecule has 2 aliphatic rings. The second-order valence-corrected chi connectivity index (χ2v) is 8.87. The summed E-state index contributed by atoms with van der Waals surface area (Å²) >= 11 is 0. The van der Waals surface area contributed by atoms with Crippen LogP contribution in [0.4, 0.5) is 17.1 Å². The van der Waals surface area contributed by atoms with Crippen molar-refractivity contribution in [1.82, 2.24) is 0 Å². The second-order valence-electron chi connectivity index (χ2n) is 8.87. The number of amides is 1. The third kappa shape index (κ3) is 3.70.